The lowest BCUT2D eigenvalue weighted by atomic mass is 10.3. The van der Waals surface area contributed by atoms with Crippen molar-refractivity contribution in [3.8, 4) is 0 Å². The third-order valence-electron chi connectivity index (χ3n) is 2.34. The molecule has 1 aromatic carbocycles. The lowest BCUT2D eigenvalue weighted by Gasteiger charge is -2.08. The molecule has 0 saturated heterocycles. The minimum atomic E-state index is -3.74. The molecule has 20 heavy (non-hydrogen) atoms. The number of rotatable bonds is 4. The van der Waals surface area contributed by atoms with Gasteiger partial charge in [-0.3, -0.25) is 4.72 Å². The molecular weight excluding hydrogens is 348 g/mol. The van der Waals surface area contributed by atoms with Crippen LogP contribution in [0.25, 0.3) is 0 Å². The molecule has 0 aliphatic rings. The largest absolute Gasteiger partial charge is 0.477 e. The van der Waals surface area contributed by atoms with Crippen molar-refractivity contribution < 1.29 is 18.3 Å². The summed E-state index contributed by atoms with van der Waals surface area (Å²) >= 11 is 3.20. The molecule has 2 aromatic rings. The summed E-state index contributed by atoms with van der Waals surface area (Å²) in [5, 5.41) is 8.71. The zero-order valence-corrected chi connectivity index (χ0v) is 12.3. The van der Waals surface area contributed by atoms with Crippen LogP contribution in [0.15, 0.2) is 52.0 Å². The number of hydrogen-bond acceptors (Lipinski definition) is 4. The second-order valence-electron chi connectivity index (χ2n) is 3.80. The fraction of sp³-hybridized carbons (Fsp3) is 0. The molecule has 1 aromatic heterocycles. The molecule has 0 amide bonds. The monoisotopic (exact) mass is 356 g/mol. The molecule has 0 radical (unpaired) electrons. The minimum absolute atomic E-state index is 0.0918. The maximum Gasteiger partial charge on any atom is 0.354 e. The number of nitrogens with one attached hydrogen (secondary N) is 1. The van der Waals surface area contributed by atoms with E-state index >= 15 is 0 Å². The second-order valence-corrected chi connectivity index (χ2v) is 6.40. The van der Waals surface area contributed by atoms with Gasteiger partial charge in [-0.15, -0.1) is 0 Å². The number of benzene rings is 1. The topological polar surface area (TPSA) is 96.4 Å². The molecule has 0 atom stereocenters. The number of pyridine rings is 1. The van der Waals surface area contributed by atoms with Gasteiger partial charge in [-0.2, -0.15) is 0 Å². The lowest BCUT2D eigenvalue weighted by molar-refractivity contribution is 0.0690. The molecule has 0 aliphatic heterocycles. The Morgan fingerprint density at radius 2 is 2.00 bits per heavy atom. The Bertz CT molecular complexity index is 744. The minimum Gasteiger partial charge on any atom is -0.477 e. The summed E-state index contributed by atoms with van der Waals surface area (Å²) in [6.45, 7) is 0. The molecule has 6 nitrogen and oxygen atoms in total. The Balaban J connectivity index is 2.26. The van der Waals surface area contributed by atoms with Crippen LogP contribution in [-0.4, -0.2) is 24.5 Å². The molecule has 8 heteroatoms. The van der Waals surface area contributed by atoms with Crippen molar-refractivity contribution in [3.63, 3.8) is 0 Å². The Morgan fingerprint density at radius 1 is 1.25 bits per heavy atom. The summed E-state index contributed by atoms with van der Waals surface area (Å²) < 4.78 is 27.2. The second kappa shape index (κ2) is 5.59. The SMILES string of the molecule is O=C(O)c1ccc(NS(=O)(=O)c2cccc(Br)c2)cn1. The highest BCUT2D eigenvalue weighted by molar-refractivity contribution is 9.10. The average Bonchev–Trinajstić information content (AvgIpc) is 2.39. The molecular formula is C12H9BrN2O4S. The Hall–Kier alpha value is -1.93. The first-order valence-corrected chi connectivity index (χ1v) is 7.64. The van der Waals surface area contributed by atoms with Crippen LogP contribution in [0.4, 0.5) is 5.69 Å². The van der Waals surface area contributed by atoms with Crippen LogP contribution in [0.5, 0.6) is 0 Å². The fourth-order valence-corrected chi connectivity index (χ4v) is 3.07. The van der Waals surface area contributed by atoms with Crippen LogP contribution in [0.2, 0.25) is 0 Å². The van der Waals surface area contributed by atoms with Gasteiger partial charge in [-0.1, -0.05) is 22.0 Å². The lowest BCUT2D eigenvalue weighted by Crippen LogP contribution is -2.13. The Labute approximate surface area is 123 Å². The van der Waals surface area contributed by atoms with Crippen LogP contribution < -0.4 is 4.72 Å². The number of carbonyl (C=O) groups is 1. The van der Waals surface area contributed by atoms with E-state index in [1.165, 1.54) is 24.3 Å². The molecule has 1 heterocycles. The number of sulfonamides is 1. The summed E-state index contributed by atoms with van der Waals surface area (Å²) in [6.07, 6.45) is 1.15. The number of hydrogen-bond donors (Lipinski definition) is 2. The number of aromatic carboxylic acids is 1. The van der Waals surface area contributed by atoms with Crippen molar-refractivity contribution in [1.82, 2.24) is 4.98 Å². The van der Waals surface area contributed by atoms with Gasteiger partial charge in [0.25, 0.3) is 10.0 Å². The van der Waals surface area contributed by atoms with E-state index in [0.717, 1.165) is 6.20 Å². The van der Waals surface area contributed by atoms with Crippen molar-refractivity contribution in [2.75, 3.05) is 4.72 Å². The van der Waals surface area contributed by atoms with E-state index < -0.39 is 16.0 Å². The molecule has 0 unspecified atom stereocenters. The van der Waals surface area contributed by atoms with E-state index in [1.807, 2.05) is 0 Å². The van der Waals surface area contributed by atoms with Crippen molar-refractivity contribution in [3.05, 3.63) is 52.8 Å². The van der Waals surface area contributed by atoms with E-state index in [0.29, 0.717) is 4.47 Å². The number of nitrogens with zero attached hydrogens (tertiary/aromatic N) is 1. The van der Waals surface area contributed by atoms with Crippen LogP contribution >= 0.6 is 15.9 Å². The molecule has 2 N–H and O–H groups in total. The van der Waals surface area contributed by atoms with Gasteiger partial charge in [0.2, 0.25) is 0 Å². The highest BCUT2D eigenvalue weighted by Gasteiger charge is 2.15. The zero-order chi connectivity index (χ0) is 14.8. The first-order valence-electron chi connectivity index (χ1n) is 5.36. The first kappa shape index (κ1) is 14.5. The molecule has 0 saturated carbocycles. The summed E-state index contributed by atoms with van der Waals surface area (Å²) in [5.74, 6) is -1.17. The maximum atomic E-state index is 12.1. The summed E-state index contributed by atoms with van der Waals surface area (Å²) in [6, 6.07) is 8.78. The van der Waals surface area contributed by atoms with Crippen molar-refractivity contribution in [2.24, 2.45) is 0 Å². The highest BCUT2D eigenvalue weighted by Crippen LogP contribution is 2.19. The van der Waals surface area contributed by atoms with E-state index in [-0.39, 0.29) is 16.3 Å². The maximum absolute atomic E-state index is 12.1. The van der Waals surface area contributed by atoms with Gasteiger partial charge in [0.15, 0.2) is 0 Å². The molecule has 104 valence electrons. The number of carboxylic acid groups (broad SMARTS) is 1. The van der Waals surface area contributed by atoms with Gasteiger partial charge < -0.3 is 5.11 Å². The number of anilines is 1. The number of aromatic nitrogens is 1. The molecule has 0 spiro atoms. The third kappa shape index (κ3) is 3.34. The average molecular weight is 357 g/mol. The van der Waals surface area contributed by atoms with Crippen LogP contribution in [-0.2, 0) is 10.0 Å². The van der Waals surface area contributed by atoms with Crippen molar-refractivity contribution in [2.45, 2.75) is 4.90 Å². The predicted octanol–water partition coefficient (Wildman–Crippen LogP) is 2.34. The fourth-order valence-electron chi connectivity index (χ4n) is 1.43. The summed E-state index contributed by atoms with van der Waals surface area (Å²) in [5.41, 5.74) is 0.0328. The summed E-state index contributed by atoms with van der Waals surface area (Å²) in [4.78, 5) is 14.4. The molecule has 0 aliphatic carbocycles. The van der Waals surface area contributed by atoms with E-state index in [9.17, 15) is 13.2 Å². The Morgan fingerprint density at radius 3 is 2.55 bits per heavy atom. The van der Waals surface area contributed by atoms with Crippen molar-refractivity contribution in [1.29, 1.82) is 0 Å². The van der Waals surface area contributed by atoms with Gasteiger partial charge in [-0.25, -0.2) is 18.2 Å². The Kier molecular flexibility index (Phi) is 4.05. The standard InChI is InChI=1S/C12H9BrN2O4S/c13-8-2-1-3-10(6-8)20(18,19)15-9-4-5-11(12(16)17)14-7-9/h1-7,15H,(H,16,17). The van der Waals surface area contributed by atoms with Crippen LogP contribution in [0.1, 0.15) is 10.5 Å². The van der Waals surface area contributed by atoms with E-state index in [2.05, 4.69) is 25.6 Å². The first-order chi connectivity index (χ1) is 9.38. The van der Waals surface area contributed by atoms with E-state index in [1.54, 1.807) is 12.1 Å². The van der Waals surface area contributed by atoms with Gasteiger partial charge >= 0.3 is 5.97 Å². The predicted molar refractivity (Wildman–Crippen MR) is 76.1 cm³/mol. The molecule has 0 bridgehead atoms. The van der Waals surface area contributed by atoms with Gasteiger partial charge in [-0.05, 0) is 30.3 Å². The molecule has 0 fully saturated rings. The number of halogens is 1. The quantitative estimate of drug-likeness (QED) is 0.876. The van der Waals surface area contributed by atoms with Gasteiger partial charge in [0.05, 0.1) is 16.8 Å². The van der Waals surface area contributed by atoms with E-state index in [4.69, 9.17) is 5.11 Å². The normalized spacial score (nSPS) is 11.1. The van der Waals surface area contributed by atoms with Crippen LogP contribution in [0, 0.1) is 0 Å². The number of carboxylic acids is 1. The van der Waals surface area contributed by atoms with Gasteiger partial charge in [0, 0.05) is 4.47 Å². The zero-order valence-electron chi connectivity index (χ0n) is 9.95. The third-order valence-corrected chi connectivity index (χ3v) is 4.21. The smallest absolute Gasteiger partial charge is 0.354 e. The summed E-state index contributed by atoms with van der Waals surface area (Å²) in [7, 11) is -3.74. The molecule has 2 rings (SSSR count). The van der Waals surface area contributed by atoms with Crippen molar-refractivity contribution >= 4 is 37.6 Å². The highest BCUT2D eigenvalue weighted by atomic mass is 79.9. The van der Waals surface area contributed by atoms with Gasteiger partial charge in [0.1, 0.15) is 5.69 Å². The van der Waals surface area contributed by atoms with Crippen LogP contribution in [0.3, 0.4) is 0 Å².